The van der Waals surface area contributed by atoms with Crippen LogP contribution >= 0.6 is 0 Å². The second kappa shape index (κ2) is 8.96. The molecule has 1 aliphatic heterocycles. The molecule has 5 rings (SSSR count). The van der Waals surface area contributed by atoms with Gasteiger partial charge in [-0.2, -0.15) is 0 Å². The van der Waals surface area contributed by atoms with Gasteiger partial charge >= 0.3 is 5.97 Å². The summed E-state index contributed by atoms with van der Waals surface area (Å²) >= 11 is 0. The Kier molecular flexibility index (Phi) is 6.28. The van der Waals surface area contributed by atoms with Crippen LogP contribution in [0.3, 0.4) is 0 Å². The molecule has 1 saturated heterocycles. The minimum absolute atomic E-state index is 0.114. The van der Waals surface area contributed by atoms with Crippen LogP contribution in [0.1, 0.15) is 78.1 Å². The molecule has 1 N–H and O–H groups in total. The summed E-state index contributed by atoms with van der Waals surface area (Å²) in [5.74, 6) is 1.48. The van der Waals surface area contributed by atoms with E-state index in [9.17, 15) is 14.7 Å². The predicted octanol–water partition coefficient (Wildman–Crippen LogP) is 3.85. The van der Waals surface area contributed by atoms with Crippen molar-refractivity contribution in [2.24, 2.45) is 33.7 Å². The van der Waals surface area contributed by atoms with Gasteiger partial charge in [0.25, 0.3) is 5.91 Å². The summed E-state index contributed by atoms with van der Waals surface area (Å²) < 4.78 is 4.82. The first-order valence-corrected chi connectivity index (χ1v) is 13.2. The van der Waals surface area contributed by atoms with Crippen molar-refractivity contribution < 1.29 is 24.3 Å². The van der Waals surface area contributed by atoms with E-state index < -0.39 is 6.04 Å². The SMILES string of the molecule is COC(=O)C1CCCN1C(=O)CON=C1C=C2CCC3C4CCC(O)[C@@]4(C)CCC3[C@@]2(C)CC1. The molecule has 0 radical (unpaired) electrons. The normalized spacial score (nSPS) is 42.5. The van der Waals surface area contributed by atoms with Crippen molar-refractivity contribution in [2.75, 3.05) is 20.3 Å². The number of allylic oxidation sites excluding steroid dienone is 2. The second-order valence-electron chi connectivity index (χ2n) is 11.8. The number of hydrogen-bond acceptors (Lipinski definition) is 6. The Morgan fingerprint density at radius 1 is 1.12 bits per heavy atom. The molecule has 0 aromatic heterocycles. The van der Waals surface area contributed by atoms with Crippen molar-refractivity contribution in [1.29, 1.82) is 0 Å². The summed E-state index contributed by atoms with van der Waals surface area (Å²) in [6.45, 7) is 5.19. The molecular weight excluding hydrogens is 432 g/mol. The Balaban J connectivity index is 1.23. The van der Waals surface area contributed by atoms with Crippen molar-refractivity contribution in [3.63, 3.8) is 0 Å². The van der Waals surface area contributed by atoms with Gasteiger partial charge in [0.15, 0.2) is 6.61 Å². The van der Waals surface area contributed by atoms with Crippen molar-refractivity contribution in [3.8, 4) is 0 Å². The fraction of sp³-hybridized carbons (Fsp3) is 0.815. The van der Waals surface area contributed by atoms with Crippen LogP contribution in [0.5, 0.6) is 0 Å². The van der Waals surface area contributed by atoms with Gasteiger partial charge in [0.05, 0.1) is 18.9 Å². The fourth-order valence-electron chi connectivity index (χ4n) is 8.32. The quantitative estimate of drug-likeness (QED) is 0.496. The zero-order valence-corrected chi connectivity index (χ0v) is 20.9. The highest BCUT2D eigenvalue weighted by Gasteiger charge is 2.58. The van der Waals surface area contributed by atoms with E-state index >= 15 is 0 Å². The molecule has 1 amide bonds. The Hall–Kier alpha value is -1.89. The van der Waals surface area contributed by atoms with Crippen molar-refractivity contribution >= 4 is 17.6 Å². The van der Waals surface area contributed by atoms with Gasteiger partial charge in [-0.05, 0) is 98.9 Å². The third kappa shape index (κ3) is 3.78. The lowest BCUT2D eigenvalue weighted by atomic mass is 9.47. The number of fused-ring (bicyclic) bond motifs is 5. The summed E-state index contributed by atoms with van der Waals surface area (Å²) in [4.78, 5) is 31.5. The Bertz CT molecular complexity index is 899. The number of methoxy groups -OCH3 is 1. The number of oxime groups is 1. The molecule has 4 aliphatic carbocycles. The van der Waals surface area contributed by atoms with Gasteiger partial charge in [0, 0.05) is 6.54 Å². The maximum absolute atomic E-state index is 12.6. The minimum atomic E-state index is -0.500. The van der Waals surface area contributed by atoms with Crippen LogP contribution in [0.25, 0.3) is 0 Å². The molecule has 7 heteroatoms. The molecule has 0 bridgehead atoms. The number of likely N-dealkylation sites (tertiary alicyclic amines) is 1. The first-order chi connectivity index (χ1) is 16.3. The van der Waals surface area contributed by atoms with Crippen LogP contribution in [0.2, 0.25) is 0 Å². The smallest absolute Gasteiger partial charge is 0.328 e. The molecule has 0 spiro atoms. The average Bonchev–Trinajstić information content (AvgIpc) is 3.43. The molecule has 5 unspecified atom stereocenters. The van der Waals surface area contributed by atoms with Crippen LogP contribution in [-0.2, 0) is 19.2 Å². The summed E-state index contributed by atoms with van der Waals surface area (Å²) in [6.07, 6.45) is 12.2. The molecule has 0 aromatic carbocycles. The molecule has 4 fully saturated rings. The number of carbonyl (C=O) groups excluding carboxylic acids is 2. The number of rotatable bonds is 4. The van der Waals surface area contributed by atoms with E-state index in [-0.39, 0.29) is 35.4 Å². The Morgan fingerprint density at radius 2 is 1.94 bits per heavy atom. The number of amides is 1. The molecule has 0 aromatic rings. The van der Waals surface area contributed by atoms with E-state index in [0.717, 1.165) is 44.2 Å². The third-order valence-corrected chi connectivity index (χ3v) is 10.3. The van der Waals surface area contributed by atoms with E-state index in [2.05, 4.69) is 25.1 Å². The van der Waals surface area contributed by atoms with E-state index in [4.69, 9.17) is 9.57 Å². The van der Waals surface area contributed by atoms with Gasteiger partial charge in [-0.3, -0.25) is 4.79 Å². The molecule has 7 nitrogen and oxygen atoms in total. The summed E-state index contributed by atoms with van der Waals surface area (Å²) in [5, 5.41) is 15.0. The van der Waals surface area contributed by atoms with Crippen LogP contribution in [-0.4, -0.2) is 60.0 Å². The topological polar surface area (TPSA) is 88.4 Å². The van der Waals surface area contributed by atoms with Crippen LogP contribution < -0.4 is 0 Å². The predicted molar refractivity (Wildman–Crippen MR) is 128 cm³/mol. The van der Waals surface area contributed by atoms with E-state index in [1.54, 1.807) is 4.90 Å². The number of hydrogen-bond donors (Lipinski definition) is 1. The average molecular weight is 473 g/mol. The lowest BCUT2D eigenvalue weighted by Gasteiger charge is -2.57. The number of nitrogens with zero attached hydrogens (tertiary/aromatic N) is 2. The maximum atomic E-state index is 12.6. The number of aliphatic hydroxyl groups is 1. The van der Waals surface area contributed by atoms with Gasteiger partial charge in [-0.25, -0.2) is 4.79 Å². The fourth-order valence-corrected chi connectivity index (χ4v) is 8.32. The van der Waals surface area contributed by atoms with Gasteiger partial charge < -0.3 is 19.6 Å². The Morgan fingerprint density at radius 3 is 2.74 bits per heavy atom. The number of carbonyl (C=O) groups is 2. The highest BCUT2D eigenvalue weighted by molar-refractivity contribution is 5.96. The lowest BCUT2D eigenvalue weighted by molar-refractivity contribution is -0.152. The molecule has 1 heterocycles. The number of esters is 1. The van der Waals surface area contributed by atoms with Gasteiger partial charge in [0.2, 0.25) is 0 Å². The first kappa shape index (κ1) is 23.8. The zero-order valence-electron chi connectivity index (χ0n) is 20.9. The standard InChI is InChI=1S/C27H40N2O5/c1-26-12-10-18(28-34-16-24(31)29-14-4-5-22(29)25(32)33-3)15-17(26)6-7-19-20-8-9-23(30)27(20,2)13-11-21(19)26/h15,19-23,30H,4-14,16H2,1-3H3/t19?,20?,21?,22?,23?,26-,27-/m0/s1. The largest absolute Gasteiger partial charge is 0.467 e. The Labute approximate surface area is 202 Å². The van der Waals surface area contributed by atoms with Gasteiger partial charge in [-0.1, -0.05) is 24.6 Å². The van der Waals surface area contributed by atoms with Crippen LogP contribution in [0, 0.1) is 28.6 Å². The highest BCUT2D eigenvalue weighted by atomic mass is 16.6. The molecule has 3 saturated carbocycles. The van der Waals surface area contributed by atoms with Crippen LogP contribution in [0.15, 0.2) is 16.8 Å². The maximum Gasteiger partial charge on any atom is 0.328 e. The monoisotopic (exact) mass is 472 g/mol. The summed E-state index contributed by atoms with van der Waals surface area (Å²) in [6, 6.07) is -0.500. The van der Waals surface area contributed by atoms with E-state index in [1.807, 2.05) is 0 Å². The molecule has 34 heavy (non-hydrogen) atoms. The lowest BCUT2D eigenvalue weighted by Crippen LogP contribution is -2.51. The number of aliphatic hydroxyl groups excluding tert-OH is 1. The summed E-state index contributed by atoms with van der Waals surface area (Å²) in [5.41, 5.74) is 2.72. The van der Waals surface area contributed by atoms with Crippen molar-refractivity contribution in [1.82, 2.24) is 4.90 Å². The first-order valence-electron chi connectivity index (χ1n) is 13.2. The zero-order chi connectivity index (χ0) is 24.1. The van der Waals surface area contributed by atoms with Gasteiger partial charge in [-0.15, -0.1) is 0 Å². The van der Waals surface area contributed by atoms with Crippen molar-refractivity contribution in [3.05, 3.63) is 11.6 Å². The van der Waals surface area contributed by atoms with E-state index in [1.165, 1.54) is 31.9 Å². The summed E-state index contributed by atoms with van der Waals surface area (Å²) in [7, 11) is 1.35. The third-order valence-electron chi connectivity index (χ3n) is 10.3. The van der Waals surface area contributed by atoms with E-state index in [0.29, 0.717) is 30.7 Å². The van der Waals surface area contributed by atoms with Crippen LogP contribution in [0.4, 0.5) is 0 Å². The highest BCUT2D eigenvalue weighted by Crippen LogP contribution is 2.65. The van der Waals surface area contributed by atoms with Crippen molar-refractivity contribution in [2.45, 2.75) is 90.2 Å². The minimum Gasteiger partial charge on any atom is -0.467 e. The number of ether oxygens (including phenoxy) is 1. The second-order valence-corrected chi connectivity index (χ2v) is 11.8. The molecule has 188 valence electrons. The molecule has 5 aliphatic rings. The van der Waals surface area contributed by atoms with Gasteiger partial charge in [0.1, 0.15) is 6.04 Å². The molecular formula is C27H40N2O5. The molecule has 7 atom stereocenters.